The molecule has 0 spiro atoms. The topological polar surface area (TPSA) is 45.4 Å². The van der Waals surface area contributed by atoms with Gasteiger partial charge in [0.2, 0.25) is 0 Å². The van der Waals surface area contributed by atoms with Gasteiger partial charge in [-0.2, -0.15) is 13.2 Å². The first-order chi connectivity index (χ1) is 9.50. The zero-order valence-corrected chi connectivity index (χ0v) is 11.8. The van der Waals surface area contributed by atoms with Crippen LogP contribution < -0.4 is 5.32 Å². The molecule has 1 aromatic heterocycles. The zero-order chi connectivity index (χ0) is 14.6. The van der Waals surface area contributed by atoms with Crippen LogP contribution in [0.4, 0.5) is 13.2 Å². The highest BCUT2D eigenvalue weighted by Gasteiger charge is 2.30. The Labute approximate surface area is 126 Å². The number of nitrogens with one attached hydrogen (secondary N) is 1. The van der Waals surface area contributed by atoms with E-state index in [0.29, 0.717) is 30.2 Å². The fraction of sp³-hybridized carbons (Fsp3) is 0.286. The van der Waals surface area contributed by atoms with E-state index < -0.39 is 11.7 Å². The fourth-order valence-corrected chi connectivity index (χ4v) is 1.77. The summed E-state index contributed by atoms with van der Waals surface area (Å²) in [6, 6.07) is 8.33. The molecule has 0 radical (unpaired) electrons. The third-order valence-corrected chi connectivity index (χ3v) is 2.72. The van der Waals surface area contributed by atoms with Crippen molar-refractivity contribution in [2.75, 3.05) is 13.2 Å². The van der Waals surface area contributed by atoms with E-state index in [1.165, 1.54) is 6.07 Å². The number of hydrogen-bond acceptors (Lipinski definition) is 3. The smallest absolute Gasteiger partial charge is 0.416 e. The van der Waals surface area contributed by atoms with Crippen molar-refractivity contribution in [3.05, 3.63) is 47.7 Å². The number of halogens is 4. The normalized spacial score (nSPS) is 11.2. The van der Waals surface area contributed by atoms with Crippen LogP contribution >= 0.6 is 12.4 Å². The lowest BCUT2D eigenvalue weighted by molar-refractivity contribution is -0.137. The Hall–Kier alpha value is -1.50. The molecule has 0 saturated heterocycles. The molecule has 0 aliphatic carbocycles. The molecule has 2 aromatic rings. The lowest BCUT2D eigenvalue weighted by atomic mass is 10.1. The Morgan fingerprint density at radius 2 is 1.90 bits per heavy atom. The SMILES string of the molecule is Cl.OCCNCc1ccc(-c2cccc(C(F)(F)F)c2)o1. The van der Waals surface area contributed by atoms with Crippen molar-refractivity contribution in [1.29, 1.82) is 0 Å². The monoisotopic (exact) mass is 321 g/mol. The van der Waals surface area contributed by atoms with E-state index in [1.807, 2.05) is 0 Å². The first-order valence-corrected chi connectivity index (χ1v) is 6.08. The second kappa shape index (κ2) is 7.49. The summed E-state index contributed by atoms with van der Waals surface area (Å²) in [6.07, 6.45) is -4.37. The van der Waals surface area contributed by atoms with Gasteiger partial charge in [0.05, 0.1) is 18.7 Å². The van der Waals surface area contributed by atoms with E-state index >= 15 is 0 Å². The summed E-state index contributed by atoms with van der Waals surface area (Å²) in [5, 5.41) is 11.6. The van der Waals surface area contributed by atoms with Crippen LogP contribution in [0, 0.1) is 0 Å². The molecule has 21 heavy (non-hydrogen) atoms. The van der Waals surface area contributed by atoms with Crippen LogP contribution in [0.15, 0.2) is 40.8 Å². The molecular formula is C14H15ClF3NO2. The summed E-state index contributed by atoms with van der Waals surface area (Å²) in [4.78, 5) is 0. The third-order valence-electron chi connectivity index (χ3n) is 2.72. The Bertz CT molecular complexity index is 569. The van der Waals surface area contributed by atoms with Gasteiger partial charge < -0.3 is 14.8 Å². The van der Waals surface area contributed by atoms with Crippen LogP contribution in [0.25, 0.3) is 11.3 Å². The molecule has 0 bridgehead atoms. The van der Waals surface area contributed by atoms with Crippen molar-refractivity contribution in [3.8, 4) is 11.3 Å². The maximum atomic E-state index is 12.6. The fourth-order valence-electron chi connectivity index (χ4n) is 1.77. The number of furan rings is 1. The number of hydrogen-bond donors (Lipinski definition) is 2. The zero-order valence-electron chi connectivity index (χ0n) is 11.0. The minimum absolute atomic E-state index is 0. The molecule has 3 nitrogen and oxygen atoms in total. The number of aliphatic hydroxyl groups excluding tert-OH is 1. The van der Waals surface area contributed by atoms with Crippen LogP contribution in [0.3, 0.4) is 0 Å². The minimum atomic E-state index is -4.37. The molecule has 1 heterocycles. The molecule has 0 unspecified atom stereocenters. The molecule has 2 rings (SSSR count). The molecule has 0 aliphatic heterocycles. The summed E-state index contributed by atoms with van der Waals surface area (Å²) >= 11 is 0. The van der Waals surface area contributed by atoms with Gasteiger partial charge in [-0.15, -0.1) is 12.4 Å². The first-order valence-electron chi connectivity index (χ1n) is 6.08. The number of alkyl halides is 3. The molecule has 0 fully saturated rings. The summed E-state index contributed by atoms with van der Waals surface area (Å²) in [5.41, 5.74) is -0.320. The predicted molar refractivity (Wildman–Crippen MR) is 75.2 cm³/mol. The quantitative estimate of drug-likeness (QED) is 0.829. The highest BCUT2D eigenvalue weighted by atomic mass is 35.5. The van der Waals surface area contributed by atoms with Crippen molar-refractivity contribution in [2.24, 2.45) is 0 Å². The van der Waals surface area contributed by atoms with Gasteiger partial charge in [-0.25, -0.2) is 0 Å². The Morgan fingerprint density at radius 3 is 2.57 bits per heavy atom. The minimum Gasteiger partial charge on any atom is -0.460 e. The summed E-state index contributed by atoms with van der Waals surface area (Å²) < 4.78 is 43.4. The Morgan fingerprint density at radius 1 is 1.14 bits per heavy atom. The van der Waals surface area contributed by atoms with Gasteiger partial charge in [0, 0.05) is 12.1 Å². The van der Waals surface area contributed by atoms with Gasteiger partial charge in [0.15, 0.2) is 0 Å². The number of rotatable bonds is 5. The highest BCUT2D eigenvalue weighted by molar-refractivity contribution is 5.85. The largest absolute Gasteiger partial charge is 0.460 e. The van der Waals surface area contributed by atoms with E-state index in [1.54, 1.807) is 18.2 Å². The maximum Gasteiger partial charge on any atom is 0.416 e. The van der Waals surface area contributed by atoms with Gasteiger partial charge >= 0.3 is 6.18 Å². The highest BCUT2D eigenvalue weighted by Crippen LogP contribution is 2.32. The van der Waals surface area contributed by atoms with E-state index in [0.717, 1.165) is 12.1 Å². The van der Waals surface area contributed by atoms with Crippen molar-refractivity contribution in [2.45, 2.75) is 12.7 Å². The first kappa shape index (κ1) is 17.6. The Balaban J connectivity index is 0.00000220. The molecule has 0 amide bonds. The van der Waals surface area contributed by atoms with Gasteiger partial charge in [-0.3, -0.25) is 0 Å². The van der Waals surface area contributed by atoms with Crippen LogP contribution in [0.5, 0.6) is 0 Å². The van der Waals surface area contributed by atoms with E-state index in [4.69, 9.17) is 9.52 Å². The maximum absolute atomic E-state index is 12.6. The molecule has 0 saturated carbocycles. The van der Waals surface area contributed by atoms with Crippen molar-refractivity contribution in [3.63, 3.8) is 0 Å². The second-order valence-corrected chi connectivity index (χ2v) is 4.24. The standard InChI is InChI=1S/C14H14F3NO2.ClH/c15-14(16,17)11-3-1-2-10(8-11)13-5-4-12(20-13)9-18-6-7-19;/h1-5,8,18-19H,6-7,9H2;1H. The number of aliphatic hydroxyl groups is 1. The van der Waals surface area contributed by atoms with Crippen LogP contribution in [0.1, 0.15) is 11.3 Å². The Kier molecular flexibility index (Phi) is 6.26. The van der Waals surface area contributed by atoms with E-state index in [-0.39, 0.29) is 19.0 Å². The number of benzene rings is 1. The molecule has 0 aliphatic rings. The molecule has 1 aromatic carbocycles. The van der Waals surface area contributed by atoms with Gasteiger partial charge in [0.1, 0.15) is 11.5 Å². The van der Waals surface area contributed by atoms with E-state index in [9.17, 15) is 13.2 Å². The molecular weight excluding hydrogens is 307 g/mol. The van der Waals surface area contributed by atoms with Crippen molar-refractivity contribution >= 4 is 12.4 Å². The molecule has 0 atom stereocenters. The van der Waals surface area contributed by atoms with E-state index in [2.05, 4.69) is 5.32 Å². The van der Waals surface area contributed by atoms with Crippen molar-refractivity contribution < 1.29 is 22.7 Å². The van der Waals surface area contributed by atoms with Gasteiger partial charge in [0.25, 0.3) is 0 Å². The second-order valence-electron chi connectivity index (χ2n) is 4.24. The molecule has 116 valence electrons. The van der Waals surface area contributed by atoms with Crippen LogP contribution in [-0.2, 0) is 12.7 Å². The summed E-state index contributed by atoms with van der Waals surface area (Å²) in [6.45, 7) is 0.861. The average Bonchev–Trinajstić information content (AvgIpc) is 2.87. The van der Waals surface area contributed by atoms with Gasteiger partial charge in [-0.05, 0) is 24.3 Å². The average molecular weight is 322 g/mol. The summed E-state index contributed by atoms with van der Waals surface area (Å²) in [5.74, 6) is 0.989. The van der Waals surface area contributed by atoms with Crippen LogP contribution in [-0.4, -0.2) is 18.3 Å². The molecule has 7 heteroatoms. The lowest BCUT2D eigenvalue weighted by Gasteiger charge is -2.07. The third kappa shape index (κ3) is 4.77. The lowest BCUT2D eigenvalue weighted by Crippen LogP contribution is -2.16. The predicted octanol–water partition coefficient (Wildman–Crippen LogP) is 3.47. The van der Waals surface area contributed by atoms with Crippen molar-refractivity contribution in [1.82, 2.24) is 5.32 Å². The molecule has 2 N–H and O–H groups in total. The summed E-state index contributed by atoms with van der Waals surface area (Å²) in [7, 11) is 0. The van der Waals surface area contributed by atoms with Crippen LogP contribution in [0.2, 0.25) is 0 Å². The van der Waals surface area contributed by atoms with Gasteiger partial charge in [-0.1, -0.05) is 12.1 Å².